The van der Waals surface area contributed by atoms with Crippen molar-refractivity contribution in [1.29, 1.82) is 0 Å². The molecule has 1 N–H and O–H groups in total. The number of terminal acetylenes is 1. The highest BCUT2D eigenvalue weighted by molar-refractivity contribution is 5.13. The molecule has 0 spiro atoms. The lowest BCUT2D eigenvalue weighted by molar-refractivity contribution is 0.0126. The van der Waals surface area contributed by atoms with Crippen LogP contribution in [0.2, 0.25) is 0 Å². The smallest absolute Gasteiger partial charge is 0.116 e. The summed E-state index contributed by atoms with van der Waals surface area (Å²) in [4.78, 5) is 0. The summed E-state index contributed by atoms with van der Waals surface area (Å²) in [5, 5.41) is 9.34. The Morgan fingerprint density at radius 3 is 2.62 bits per heavy atom. The van der Waals surface area contributed by atoms with Gasteiger partial charge in [-0.1, -0.05) is 43.2 Å². The van der Waals surface area contributed by atoms with Gasteiger partial charge in [-0.3, -0.25) is 0 Å². The summed E-state index contributed by atoms with van der Waals surface area (Å²) in [5.41, 5.74) is 1.14. The maximum Gasteiger partial charge on any atom is 0.116 e. The average molecular weight is 218 g/mol. The van der Waals surface area contributed by atoms with Gasteiger partial charge in [0.15, 0.2) is 0 Å². The lowest BCUT2D eigenvalue weighted by atomic mass is 10.1. The average Bonchev–Trinajstić information content (AvgIpc) is 2.35. The molecule has 1 aromatic carbocycles. The topological polar surface area (TPSA) is 29.5 Å². The molecule has 0 aliphatic heterocycles. The predicted octanol–water partition coefficient (Wildman–Crippen LogP) is 2.37. The lowest BCUT2D eigenvalue weighted by Crippen LogP contribution is -2.19. The molecule has 0 bridgehead atoms. The standard InChI is InChI=1S/C14H18O2/c1-3-13(15)10-14(4-2)16-11-12-8-6-5-7-9-12/h1,5-9,13-15H,4,10-11H2,2H3/t13-,14+/m1/s1. The summed E-state index contributed by atoms with van der Waals surface area (Å²) >= 11 is 0. The molecule has 0 saturated heterocycles. The van der Waals surface area contributed by atoms with Crippen LogP contribution in [-0.2, 0) is 11.3 Å². The zero-order valence-electron chi connectivity index (χ0n) is 9.60. The van der Waals surface area contributed by atoms with Gasteiger partial charge in [-0.05, 0) is 12.0 Å². The number of hydrogen-bond acceptors (Lipinski definition) is 2. The van der Waals surface area contributed by atoms with E-state index in [0.717, 1.165) is 12.0 Å². The largest absolute Gasteiger partial charge is 0.380 e. The second kappa shape index (κ2) is 7.05. The third-order valence-electron chi connectivity index (χ3n) is 2.46. The summed E-state index contributed by atoms with van der Waals surface area (Å²) in [7, 11) is 0. The Kier molecular flexibility index (Phi) is 5.63. The van der Waals surface area contributed by atoms with E-state index >= 15 is 0 Å². The van der Waals surface area contributed by atoms with Crippen LogP contribution in [0.4, 0.5) is 0 Å². The number of aliphatic hydroxyl groups excluding tert-OH is 1. The highest BCUT2D eigenvalue weighted by Crippen LogP contribution is 2.10. The Balaban J connectivity index is 2.38. The molecule has 2 nitrogen and oxygen atoms in total. The van der Waals surface area contributed by atoms with Crippen molar-refractivity contribution in [2.75, 3.05) is 0 Å². The number of aliphatic hydroxyl groups is 1. The van der Waals surface area contributed by atoms with Gasteiger partial charge < -0.3 is 9.84 Å². The van der Waals surface area contributed by atoms with Crippen LogP contribution >= 0.6 is 0 Å². The number of benzene rings is 1. The molecule has 0 unspecified atom stereocenters. The van der Waals surface area contributed by atoms with Crippen LogP contribution in [0.25, 0.3) is 0 Å². The van der Waals surface area contributed by atoms with Gasteiger partial charge in [-0.15, -0.1) is 6.42 Å². The molecule has 16 heavy (non-hydrogen) atoms. The van der Waals surface area contributed by atoms with Gasteiger partial charge in [0.1, 0.15) is 6.10 Å². The summed E-state index contributed by atoms with van der Waals surface area (Å²) in [6.07, 6.45) is 5.79. The zero-order chi connectivity index (χ0) is 11.8. The van der Waals surface area contributed by atoms with Gasteiger partial charge in [0.2, 0.25) is 0 Å². The number of ether oxygens (including phenoxy) is 1. The quantitative estimate of drug-likeness (QED) is 0.743. The second-order valence-corrected chi connectivity index (χ2v) is 3.75. The van der Waals surface area contributed by atoms with Gasteiger partial charge in [-0.2, -0.15) is 0 Å². The molecule has 0 radical (unpaired) electrons. The van der Waals surface area contributed by atoms with Gasteiger partial charge in [-0.25, -0.2) is 0 Å². The fraction of sp³-hybridized carbons (Fsp3) is 0.429. The first-order valence-electron chi connectivity index (χ1n) is 5.56. The third-order valence-corrected chi connectivity index (χ3v) is 2.46. The van der Waals surface area contributed by atoms with Crippen molar-refractivity contribution in [3.63, 3.8) is 0 Å². The Morgan fingerprint density at radius 1 is 1.38 bits per heavy atom. The minimum absolute atomic E-state index is 0.0197. The first kappa shape index (κ1) is 12.8. The molecule has 1 aromatic rings. The van der Waals surface area contributed by atoms with Crippen molar-refractivity contribution in [2.45, 2.75) is 38.6 Å². The molecule has 1 rings (SSSR count). The maximum absolute atomic E-state index is 9.34. The predicted molar refractivity (Wildman–Crippen MR) is 64.8 cm³/mol. The van der Waals surface area contributed by atoms with Crippen molar-refractivity contribution in [3.8, 4) is 12.3 Å². The normalized spacial score (nSPS) is 14.1. The van der Waals surface area contributed by atoms with Crippen LogP contribution in [0, 0.1) is 12.3 Å². The molecule has 0 aliphatic rings. The molecule has 0 amide bonds. The van der Waals surface area contributed by atoms with Crippen LogP contribution in [0.3, 0.4) is 0 Å². The molecule has 2 atom stereocenters. The molecule has 0 heterocycles. The SMILES string of the molecule is C#C[C@@H](O)C[C@H](CC)OCc1ccccc1. The minimum atomic E-state index is -0.708. The van der Waals surface area contributed by atoms with E-state index in [1.165, 1.54) is 0 Å². The van der Waals surface area contributed by atoms with E-state index in [1.54, 1.807) is 0 Å². The Labute approximate surface area is 97.3 Å². The monoisotopic (exact) mass is 218 g/mol. The molecule has 0 aromatic heterocycles. The molecular formula is C14H18O2. The first-order chi connectivity index (χ1) is 7.76. The number of hydrogen-bond donors (Lipinski definition) is 1. The van der Waals surface area contributed by atoms with E-state index in [4.69, 9.17) is 11.2 Å². The van der Waals surface area contributed by atoms with Crippen LogP contribution in [0.5, 0.6) is 0 Å². The summed E-state index contributed by atoms with van der Waals surface area (Å²) in [6, 6.07) is 9.98. The fourth-order valence-electron chi connectivity index (χ4n) is 1.46. The molecular weight excluding hydrogens is 200 g/mol. The van der Waals surface area contributed by atoms with E-state index in [2.05, 4.69) is 5.92 Å². The summed E-state index contributed by atoms with van der Waals surface area (Å²) in [5.74, 6) is 2.30. The van der Waals surface area contributed by atoms with Gasteiger partial charge in [0.05, 0.1) is 12.7 Å². The van der Waals surface area contributed by atoms with Crippen LogP contribution in [-0.4, -0.2) is 17.3 Å². The number of rotatable bonds is 6. The molecule has 0 aliphatic carbocycles. The van der Waals surface area contributed by atoms with Gasteiger partial charge >= 0.3 is 0 Å². The molecule has 0 fully saturated rings. The molecule has 2 heteroatoms. The van der Waals surface area contributed by atoms with Crippen molar-refractivity contribution < 1.29 is 9.84 Å². The van der Waals surface area contributed by atoms with E-state index in [-0.39, 0.29) is 6.10 Å². The second-order valence-electron chi connectivity index (χ2n) is 3.75. The highest BCUT2D eigenvalue weighted by Gasteiger charge is 2.11. The lowest BCUT2D eigenvalue weighted by Gasteiger charge is -2.17. The van der Waals surface area contributed by atoms with Crippen LogP contribution < -0.4 is 0 Å². The third kappa shape index (κ3) is 4.48. The van der Waals surface area contributed by atoms with E-state index < -0.39 is 6.10 Å². The fourth-order valence-corrected chi connectivity index (χ4v) is 1.46. The van der Waals surface area contributed by atoms with E-state index in [0.29, 0.717) is 13.0 Å². The molecule has 86 valence electrons. The van der Waals surface area contributed by atoms with Gasteiger partial charge in [0, 0.05) is 6.42 Å². The maximum atomic E-state index is 9.34. The van der Waals surface area contributed by atoms with Crippen molar-refractivity contribution in [3.05, 3.63) is 35.9 Å². The zero-order valence-corrected chi connectivity index (χ0v) is 9.60. The Hall–Kier alpha value is -1.30. The first-order valence-corrected chi connectivity index (χ1v) is 5.56. The Bertz CT molecular complexity index is 326. The Morgan fingerprint density at radius 2 is 2.06 bits per heavy atom. The van der Waals surface area contributed by atoms with Crippen molar-refractivity contribution >= 4 is 0 Å². The van der Waals surface area contributed by atoms with Gasteiger partial charge in [0.25, 0.3) is 0 Å². The van der Waals surface area contributed by atoms with Crippen molar-refractivity contribution in [1.82, 2.24) is 0 Å². The molecule has 0 saturated carbocycles. The summed E-state index contributed by atoms with van der Waals surface area (Å²) in [6.45, 7) is 2.59. The summed E-state index contributed by atoms with van der Waals surface area (Å²) < 4.78 is 5.69. The van der Waals surface area contributed by atoms with E-state index in [1.807, 2.05) is 37.3 Å². The minimum Gasteiger partial charge on any atom is -0.380 e. The van der Waals surface area contributed by atoms with Crippen molar-refractivity contribution in [2.24, 2.45) is 0 Å². The van der Waals surface area contributed by atoms with Crippen LogP contribution in [0.1, 0.15) is 25.3 Å². The van der Waals surface area contributed by atoms with Crippen LogP contribution in [0.15, 0.2) is 30.3 Å². The van der Waals surface area contributed by atoms with E-state index in [9.17, 15) is 5.11 Å². The highest BCUT2D eigenvalue weighted by atomic mass is 16.5.